The number of anilines is 2. The predicted octanol–water partition coefficient (Wildman–Crippen LogP) is 1.19. The van der Waals surface area contributed by atoms with Gasteiger partial charge in [0.05, 0.1) is 11.4 Å². The Morgan fingerprint density at radius 1 is 1.60 bits per heavy atom. The molecule has 0 fully saturated rings. The van der Waals surface area contributed by atoms with Crippen LogP contribution in [0.1, 0.15) is 12.1 Å². The van der Waals surface area contributed by atoms with Crippen LogP contribution < -0.4 is 11.1 Å². The molecule has 1 heterocycles. The Morgan fingerprint density at radius 2 is 2.20 bits per heavy atom. The molecule has 0 radical (unpaired) electrons. The van der Waals surface area contributed by atoms with Gasteiger partial charge in [0.15, 0.2) is 5.82 Å². The maximum Gasteiger partial charge on any atom is 0.397 e. The van der Waals surface area contributed by atoms with E-state index < -0.39 is 18.5 Å². The number of hydrogen-bond acceptors (Lipinski definition) is 3. The Bertz CT molecular complexity index is 371. The van der Waals surface area contributed by atoms with Crippen molar-refractivity contribution in [3.05, 3.63) is 5.69 Å². The number of aryl methyl sites for hydroxylation is 1. The van der Waals surface area contributed by atoms with Gasteiger partial charge in [0.2, 0.25) is 5.91 Å². The van der Waals surface area contributed by atoms with Crippen LogP contribution in [0.15, 0.2) is 0 Å². The van der Waals surface area contributed by atoms with E-state index in [0.29, 0.717) is 5.69 Å². The van der Waals surface area contributed by atoms with Crippen LogP contribution in [0.25, 0.3) is 0 Å². The predicted molar refractivity (Wildman–Crippen MR) is 47.0 cm³/mol. The van der Waals surface area contributed by atoms with E-state index in [9.17, 15) is 18.0 Å². The average molecular weight is 222 g/mol. The molecule has 0 aliphatic carbocycles. The van der Waals surface area contributed by atoms with Gasteiger partial charge in [-0.25, -0.2) is 0 Å². The molecular weight excluding hydrogens is 213 g/mol. The summed E-state index contributed by atoms with van der Waals surface area (Å²) in [7, 11) is 0. The number of nitrogen functional groups attached to an aromatic ring is 1. The molecule has 1 aromatic rings. The summed E-state index contributed by atoms with van der Waals surface area (Å²) in [5.74, 6) is -1.28. The van der Waals surface area contributed by atoms with E-state index in [1.807, 2.05) is 5.32 Å². The fourth-order valence-corrected chi connectivity index (χ4v) is 0.891. The number of alkyl halides is 3. The van der Waals surface area contributed by atoms with Crippen molar-refractivity contribution in [2.75, 3.05) is 11.1 Å². The van der Waals surface area contributed by atoms with Crippen molar-refractivity contribution < 1.29 is 18.0 Å². The lowest BCUT2D eigenvalue weighted by Crippen LogP contribution is -2.21. The molecule has 0 saturated heterocycles. The summed E-state index contributed by atoms with van der Waals surface area (Å²) in [6.07, 6.45) is -6.09. The molecule has 0 bridgehead atoms. The molecule has 8 heteroatoms. The maximum atomic E-state index is 11.8. The first-order valence-corrected chi connectivity index (χ1v) is 3.96. The molecule has 5 nitrogen and oxygen atoms in total. The van der Waals surface area contributed by atoms with E-state index >= 15 is 0 Å². The van der Waals surface area contributed by atoms with Gasteiger partial charge in [-0.3, -0.25) is 9.89 Å². The summed E-state index contributed by atoms with van der Waals surface area (Å²) in [5, 5.41) is 7.93. The van der Waals surface area contributed by atoms with Gasteiger partial charge in [-0.05, 0) is 6.92 Å². The van der Waals surface area contributed by atoms with E-state index in [2.05, 4.69) is 10.2 Å². The highest BCUT2D eigenvalue weighted by atomic mass is 19.4. The highest BCUT2D eigenvalue weighted by Crippen LogP contribution is 2.22. The van der Waals surface area contributed by atoms with Crippen LogP contribution in [-0.2, 0) is 4.79 Å². The second-order valence-corrected chi connectivity index (χ2v) is 2.95. The number of halogens is 3. The van der Waals surface area contributed by atoms with E-state index in [1.165, 1.54) is 0 Å². The number of amides is 1. The minimum absolute atomic E-state index is 0.0817. The van der Waals surface area contributed by atoms with Gasteiger partial charge in [-0.15, -0.1) is 0 Å². The van der Waals surface area contributed by atoms with Crippen molar-refractivity contribution in [3.63, 3.8) is 0 Å². The number of aromatic nitrogens is 2. The van der Waals surface area contributed by atoms with Crippen molar-refractivity contribution in [3.8, 4) is 0 Å². The van der Waals surface area contributed by atoms with Gasteiger partial charge in [0, 0.05) is 0 Å². The Morgan fingerprint density at radius 3 is 2.60 bits per heavy atom. The molecule has 4 N–H and O–H groups in total. The fraction of sp³-hybridized carbons (Fsp3) is 0.429. The van der Waals surface area contributed by atoms with Crippen molar-refractivity contribution in [2.45, 2.75) is 19.5 Å². The molecule has 84 valence electrons. The Balaban J connectivity index is 2.63. The zero-order valence-corrected chi connectivity index (χ0v) is 7.77. The first-order chi connectivity index (χ1) is 6.79. The lowest BCUT2D eigenvalue weighted by atomic mass is 10.3. The lowest BCUT2D eigenvalue weighted by Gasteiger charge is -2.05. The van der Waals surface area contributed by atoms with Crippen molar-refractivity contribution in [1.82, 2.24) is 10.2 Å². The number of hydrogen-bond donors (Lipinski definition) is 3. The molecule has 1 rings (SSSR count). The van der Waals surface area contributed by atoms with E-state index in [4.69, 9.17) is 5.73 Å². The number of nitrogens with zero attached hydrogens (tertiary/aromatic N) is 1. The van der Waals surface area contributed by atoms with Crippen molar-refractivity contribution in [2.24, 2.45) is 0 Å². The molecule has 0 unspecified atom stereocenters. The Kier molecular flexibility index (Phi) is 2.87. The topological polar surface area (TPSA) is 83.8 Å². The van der Waals surface area contributed by atoms with Crippen molar-refractivity contribution >= 4 is 17.4 Å². The molecule has 0 saturated carbocycles. The molecule has 0 aliphatic heterocycles. The zero-order valence-electron chi connectivity index (χ0n) is 7.77. The molecular formula is C7H9F3N4O. The van der Waals surface area contributed by atoms with E-state index in [0.717, 1.165) is 0 Å². The lowest BCUT2D eigenvalue weighted by molar-refractivity contribution is -0.150. The largest absolute Gasteiger partial charge is 0.397 e. The van der Waals surface area contributed by atoms with Gasteiger partial charge in [-0.2, -0.15) is 18.3 Å². The van der Waals surface area contributed by atoms with Gasteiger partial charge >= 0.3 is 6.18 Å². The van der Waals surface area contributed by atoms with Crippen LogP contribution in [-0.4, -0.2) is 22.3 Å². The SMILES string of the molecule is Cc1[nH]nc(NC(=O)CC(F)(F)F)c1N. The van der Waals surface area contributed by atoms with Gasteiger partial charge in [-0.1, -0.05) is 0 Å². The second-order valence-electron chi connectivity index (χ2n) is 2.95. The summed E-state index contributed by atoms with van der Waals surface area (Å²) >= 11 is 0. The number of carbonyl (C=O) groups excluding carboxylic acids is 1. The highest BCUT2D eigenvalue weighted by Gasteiger charge is 2.31. The number of nitrogens with one attached hydrogen (secondary N) is 2. The normalized spacial score (nSPS) is 11.5. The third-order valence-electron chi connectivity index (χ3n) is 1.61. The second kappa shape index (κ2) is 3.79. The van der Waals surface area contributed by atoms with Crippen LogP contribution in [0.2, 0.25) is 0 Å². The minimum atomic E-state index is -4.54. The zero-order chi connectivity index (χ0) is 11.6. The number of aromatic amines is 1. The fourth-order valence-electron chi connectivity index (χ4n) is 0.891. The summed E-state index contributed by atoms with van der Waals surface area (Å²) in [5.41, 5.74) is 6.04. The standard InChI is InChI=1S/C7H9F3N4O/c1-3-5(11)6(14-13-3)12-4(15)2-7(8,9)10/h2,11H2,1H3,(H2,12,13,14,15). The van der Waals surface area contributed by atoms with E-state index in [1.54, 1.807) is 6.92 Å². The number of H-pyrrole nitrogens is 1. The molecule has 0 spiro atoms. The maximum absolute atomic E-state index is 11.8. The molecule has 0 aliphatic rings. The first-order valence-electron chi connectivity index (χ1n) is 3.96. The third kappa shape index (κ3) is 3.15. The monoisotopic (exact) mass is 222 g/mol. The Labute approximate surface area is 82.8 Å². The summed E-state index contributed by atoms with van der Waals surface area (Å²) in [4.78, 5) is 10.8. The third-order valence-corrected chi connectivity index (χ3v) is 1.61. The summed E-state index contributed by atoms with van der Waals surface area (Å²) in [6.45, 7) is 1.59. The average Bonchev–Trinajstić information content (AvgIpc) is 2.32. The molecule has 0 atom stereocenters. The molecule has 15 heavy (non-hydrogen) atoms. The van der Waals surface area contributed by atoms with Crippen LogP contribution >= 0.6 is 0 Å². The number of rotatable bonds is 2. The number of nitrogens with two attached hydrogens (primary N) is 1. The highest BCUT2D eigenvalue weighted by molar-refractivity contribution is 5.93. The minimum Gasteiger partial charge on any atom is -0.394 e. The molecule has 0 aromatic carbocycles. The first kappa shape index (κ1) is 11.3. The van der Waals surface area contributed by atoms with E-state index in [-0.39, 0.29) is 11.5 Å². The van der Waals surface area contributed by atoms with Crippen LogP contribution in [0.4, 0.5) is 24.7 Å². The van der Waals surface area contributed by atoms with Gasteiger partial charge in [0.1, 0.15) is 6.42 Å². The quantitative estimate of drug-likeness (QED) is 0.702. The number of carbonyl (C=O) groups is 1. The smallest absolute Gasteiger partial charge is 0.394 e. The van der Waals surface area contributed by atoms with Gasteiger partial charge in [0.25, 0.3) is 0 Å². The van der Waals surface area contributed by atoms with Crippen LogP contribution in [0, 0.1) is 6.92 Å². The van der Waals surface area contributed by atoms with Gasteiger partial charge < -0.3 is 11.1 Å². The molecule has 1 aromatic heterocycles. The summed E-state index contributed by atoms with van der Waals surface area (Å²) < 4.78 is 35.4. The Hall–Kier alpha value is -1.73. The van der Waals surface area contributed by atoms with Crippen LogP contribution in [0.5, 0.6) is 0 Å². The van der Waals surface area contributed by atoms with Crippen LogP contribution in [0.3, 0.4) is 0 Å². The van der Waals surface area contributed by atoms with Crippen molar-refractivity contribution in [1.29, 1.82) is 0 Å². The molecule has 1 amide bonds. The summed E-state index contributed by atoms with van der Waals surface area (Å²) in [6, 6.07) is 0.